The van der Waals surface area contributed by atoms with Crippen LogP contribution in [0, 0.1) is 0 Å². The molecule has 1 heterocycles. The van der Waals surface area contributed by atoms with Crippen LogP contribution in [0.3, 0.4) is 0 Å². The van der Waals surface area contributed by atoms with E-state index in [4.69, 9.17) is 9.47 Å². The van der Waals surface area contributed by atoms with Gasteiger partial charge in [0.25, 0.3) is 0 Å². The fourth-order valence-corrected chi connectivity index (χ4v) is 2.21. The molecule has 0 saturated carbocycles. The molecule has 0 spiro atoms. The van der Waals surface area contributed by atoms with Gasteiger partial charge in [-0.2, -0.15) is 0 Å². The lowest BCUT2D eigenvalue weighted by Crippen LogP contribution is -2.17. The molecule has 0 aromatic carbocycles. The number of esters is 2. The number of carbonyl (C=O) groups is 2. The van der Waals surface area contributed by atoms with Crippen molar-refractivity contribution in [3.05, 3.63) is 46.8 Å². The Bertz CT molecular complexity index is 576. The Morgan fingerprint density at radius 2 is 2.13 bits per heavy atom. The lowest BCUT2D eigenvalue weighted by atomic mass is 9.97. The highest BCUT2D eigenvalue weighted by Gasteiger charge is 2.30. The zero-order chi connectivity index (χ0) is 15.4. The van der Waals surface area contributed by atoms with Gasteiger partial charge in [0.1, 0.15) is 11.9 Å². The normalized spacial score (nSPS) is 19.5. The Hall–Kier alpha value is -2.10. The molecule has 0 bridgehead atoms. The van der Waals surface area contributed by atoms with Crippen molar-refractivity contribution in [2.45, 2.75) is 61.0 Å². The van der Waals surface area contributed by atoms with E-state index in [-0.39, 0.29) is 26.8 Å². The van der Waals surface area contributed by atoms with Gasteiger partial charge in [0.15, 0.2) is 0 Å². The molecule has 0 aromatic heterocycles. The lowest BCUT2D eigenvalue weighted by Gasteiger charge is -2.14. The second kappa shape index (κ2) is 9.13. The Labute approximate surface area is 139 Å². The highest BCUT2D eigenvalue weighted by molar-refractivity contribution is 5.97. The second-order valence-electron chi connectivity index (χ2n) is 5.08. The maximum Gasteiger partial charge on any atom is 0.343 e. The maximum atomic E-state index is 11.8. The first kappa shape index (κ1) is 20.9. The summed E-state index contributed by atoms with van der Waals surface area (Å²) in [6.07, 6.45) is 9.12. The van der Waals surface area contributed by atoms with Gasteiger partial charge in [0.05, 0.1) is 5.57 Å². The molecule has 23 heavy (non-hydrogen) atoms. The van der Waals surface area contributed by atoms with Gasteiger partial charge in [-0.25, -0.2) is 9.59 Å². The van der Waals surface area contributed by atoms with Crippen molar-refractivity contribution in [1.82, 2.24) is 0 Å². The van der Waals surface area contributed by atoms with Crippen LogP contribution in [0.15, 0.2) is 46.8 Å². The minimum atomic E-state index is -0.395. The van der Waals surface area contributed by atoms with Crippen molar-refractivity contribution in [3.63, 3.8) is 0 Å². The Morgan fingerprint density at radius 1 is 1.43 bits per heavy atom. The third kappa shape index (κ3) is 4.68. The molecule has 0 fully saturated rings. The molecule has 0 aromatic rings. The Kier molecular flexibility index (Phi) is 8.30. The van der Waals surface area contributed by atoms with Gasteiger partial charge in [-0.15, -0.1) is 0 Å². The van der Waals surface area contributed by atoms with Crippen LogP contribution in [-0.4, -0.2) is 18.0 Å². The molecule has 2 aliphatic rings. The third-order valence-electron chi connectivity index (χ3n) is 3.64. The predicted octanol–water partition coefficient (Wildman–Crippen LogP) is 4.63. The summed E-state index contributed by atoms with van der Waals surface area (Å²) in [5.74, 6) is -0.126. The summed E-state index contributed by atoms with van der Waals surface area (Å²) < 4.78 is 10.7. The molecule has 4 heteroatoms. The molecule has 1 aliphatic carbocycles. The van der Waals surface area contributed by atoms with E-state index < -0.39 is 6.10 Å². The number of hydrogen-bond donors (Lipinski definition) is 0. The first-order valence-corrected chi connectivity index (χ1v) is 7.24. The average molecular weight is 320 g/mol. The molecule has 1 aliphatic heterocycles. The third-order valence-corrected chi connectivity index (χ3v) is 3.64. The minimum absolute atomic E-state index is 0. The Balaban J connectivity index is 0.00000242. The monoisotopic (exact) mass is 320 g/mol. The molecular weight excluding hydrogens is 292 g/mol. The van der Waals surface area contributed by atoms with Crippen LogP contribution in [0.1, 0.15) is 54.9 Å². The van der Waals surface area contributed by atoms with Crippen molar-refractivity contribution in [3.8, 4) is 0 Å². The van der Waals surface area contributed by atoms with Crippen molar-refractivity contribution < 1.29 is 19.1 Å². The van der Waals surface area contributed by atoms with E-state index in [1.54, 1.807) is 32.1 Å². The van der Waals surface area contributed by atoms with E-state index in [0.29, 0.717) is 23.3 Å². The SMILES string of the molecule is C.C.C/C=C(/C)C(=O)OC(/C=C1\OC(=O)C2=C1CCC=C2)CC. The minimum Gasteiger partial charge on any atom is -0.455 e. The zero-order valence-electron chi connectivity index (χ0n) is 12.6. The van der Waals surface area contributed by atoms with Crippen LogP contribution in [0.2, 0.25) is 0 Å². The van der Waals surface area contributed by atoms with Gasteiger partial charge in [-0.3, -0.25) is 0 Å². The summed E-state index contributed by atoms with van der Waals surface area (Å²) in [7, 11) is 0. The number of allylic oxidation sites excluding steroid dienone is 3. The summed E-state index contributed by atoms with van der Waals surface area (Å²) in [4.78, 5) is 23.6. The molecule has 0 saturated heterocycles. The van der Waals surface area contributed by atoms with Crippen LogP contribution in [0.25, 0.3) is 0 Å². The second-order valence-corrected chi connectivity index (χ2v) is 5.08. The number of ether oxygens (including phenoxy) is 2. The summed E-state index contributed by atoms with van der Waals surface area (Å²) >= 11 is 0. The van der Waals surface area contributed by atoms with E-state index in [0.717, 1.165) is 18.4 Å². The van der Waals surface area contributed by atoms with E-state index in [1.165, 1.54) is 0 Å². The van der Waals surface area contributed by atoms with Crippen molar-refractivity contribution in [2.75, 3.05) is 0 Å². The van der Waals surface area contributed by atoms with Crippen molar-refractivity contribution in [2.24, 2.45) is 0 Å². The fraction of sp³-hybridized carbons (Fsp3) is 0.474. The fourth-order valence-electron chi connectivity index (χ4n) is 2.21. The van der Waals surface area contributed by atoms with Gasteiger partial charge < -0.3 is 9.47 Å². The predicted molar refractivity (Wildman–Crippen MR) is 92.6 cm³/mol. The van der Waals surface area contributed by atoms with Crippen LogP contribution in [0.5, 0.6) is 0 Å². The molecular formula is C19H28O4. The number of carbonyl (C=O) groups excluding carboxylic acids is 2. The molecule has 0 amide bonds. The van der Waals surface area contributed by atoms with Crippen molar-refractivity contribution in [1.29, 1.82) is 0 Å². The number of rotatable bonds is 4. The molecule has 2 rings (SSSR count). The molecule has 1 unspecified atom stereocenters. The van der Waals surface area contributed by atoms with Crippen LogP contribution in [-0.2, 0) is 19.1 Å². The number of hydrogen-bond acceptors (Lipinski definition) is 4. The maximum absolute atomic E-state index is 11.8. The molecule has 0 N–H and O–H groups in total. The van der Waals surface area contributed by atoms with E-state index in [9.17, 15) is 9.59 Å². The molecule has 1 atom stereocenters. The first-order chi connectivity index (χ1) is 10.1. The lowest BCUT2D eigenvalue weighted by molar-refractivity contribution is -0.142. The quantitative estimate of drug-likeness (QED) is 0.559. The molecule has 0 radical (unpaired) electrons. The average Bonchev–Trinajstić information content (AvgIpc) is 2.82. The van der Waals surface area contributed by atoms with E-state index in [1.807, 2.05) is 13.0 Å². The topological polar surface area (TPSA) is 52.6 Å². The Morgan fingerprint density at radius 3 is 2.74 bits per heavy atom. The van der Waals surface area contributed by atoms with Crippen LogP contribution < -0.4 is 0 Å². The van der Waals surface area contributed by atoms with E-state index >= 15 is 0 Å². The van der Waals surface area contributed by atoms with Gasteiger partial charge in [0, 0.05) is 11.1 Å². The standard InChI is InChI=1S/C17H20O4.2CH4/c1-4-11(3)16(18)20-12(5-2)10-15-13-8-6-7-9-14(13)17(19)21-15;;/h4,7,9-10,12H,5-6,8H2,1-3H3;2*1H4/b11-4-,15-10-;;. The van der Waals surface area contributed by atoms with Crippen molar-refractivity contribution >= 4 is 11.9 Å². The molecule has 128 valence electrons. The van der Waals surface area contributed by atoms with Crippen LogP contribution >= 0.6 is 0 Å². The summed E-state index contributed by atoms with van der Waals surface area (Å²) in [5, 5.41) is 0. The summed E-state index contributed by atoms with van der Waals surface area (Å²) in [6, 6.07) is 0. The molecule has 4 nitrogen and oxygen atoms in total. The van der Waals surface area contributed by atoms with Crippen LogP contribution in [0.4, 0.5) is 0 Å². The highest BCUT2D eigenvalue weighted by atomic mass is 16.6. The van der Waals surface area contributed by atoms with Gasteiger partial charge in [-0.05, 0) is 39.2 Å². The van der Waals surface area contributed by atoms with Gasteiger partial charge in [-0.1, -0.05) is 40.0 Å². The van der Waals surface area contributed by atoms with Gasteiger partial charge >= 0.3 is 11.9 Å². The van der Waals surface area contributed by atoms with E-state index in [2.05, 4.69) is 0 Å². The zero-order valence-corrected chi connectivity index (χ0v) is 12.6. The first-order valence-electron chi connectivity index (χ1n) is 7.24. The summed E-state index contributed by atoms with van der Waals surface area (Å²) in [5.41, 5.74) is 2.11. The number of cyclic esters (lactones) is 1. The smallest absolute Gasteiger partial charge is 0.343 e. The van der Waals surface area contributed by atoms with Gasteiger partial charge in [0.2, 0.25) is 0 Å². The summed E-state index contributed by atoms with van der Waals surface area (Å²) in [6.45, 7) is 5.43. The largest absolute Gasteiger partial charge is 0.455 e. The highest BCUT2D eigenvalue weighted by Crippen LogP contribution is 2.34.